The average molecular weight is 659 g/mol. The Morgan fingerprint density at radius 2 is 2.05 bits per heavy atom. The van der Waals surface area contributed by atoms with E-state index in [4.69, 9.17) is 25.5 Å². The fourth-order valence-electron chi connectivity index (χ4n) is 4.48. The molecule has 10 nitrogen and oxygen atoms in total. The number of hydrogen-bond donors (Lipinski definition) is 0. The van der Waals surface area contributed by atoms with Gasteiger partial charge in [0.15, 0.2) is 4.80 Å². The van der Waals surface area contributed by atoms with Crippen LogP contribution in [0, 0.1) is 10.1 Å². The van der Waals surface area contributed by atoms with Crippen LogP contribution in [-0.2, 0) is 9.53 Å². The Morgan fingerprint density at radius 1 is 1.27 bits per heavy atom. The number of furan rings is 1. The molecule has 0 N–H and O–H groups in total. The van der Waals surface area contributed by atoms with Gasteiger partial charge in [0.05, 0.1) is 50.0 Å². The number of ether oxygens (including phenoxy) is 2. The fourth-order valence-corrected chi connectivity index (χ4v) is 6.28. The maximum Gasteiger partial charge on any atom is 0.338 e. The lowest BCUT2D eigenvalue weighted by atomic mass is 9.96. The molecule has 13 heteroatoms. The van der Waals surface area contributed by atoms with E-state index in [0.717, 1.165) is 11.3 Å². The molecule has 1 atom stereocenters. The third kappa shape index (κ3) is 5.37. The van der Waals surface area contributed by atoms with E-state index < -0.39 is 16.9 Å². The van der Waals surface area contributed by atoms with Crippen LogP contribution in [0.1, 0.15) is 31.2 Å². The van der Waals surface area contributed by atoms with Gasteiger partial charge < -0.3 is 13.9 Å². The summed E-state index contributed by atoms with van der Waals surface area (Å²) in [6.45, 7) is 3.57. The average Bonchev–Trinajstić information content (AvgIpc) is 3.52. The van der Waals surface area contributed by atoms with Crippen LogP contribution in [0.4, 0.5) is 5.69 Å². The zero-order valence-electron chi connectivity index (χ0n) is 21.8. The highest BCUT2D eigenvalue weighted by Crippen LogP contribution is 2.35. The predicted octanol–water partition coefficient (Wildman–Crippen LogP) is 5.39. The molecule has 0 radical (unpaired) electrons. The van der Waals surface area contributed by atoms with Crippen LogP contribution in [0.3, 0.4) is 0 Å². The van der Waals surface area contributed by atoms with E-state index in [0.29, 0.717) is 47.9 Å². The van der Waals surface area contributed by atoms with Crippen LogP contribution >= 0.6 is 38.9 Å². The van der Waals surface area contributed by atoms with Crippen molar-refractivity contribution >= 4 is 56.6 Å². The molecule has 0 saturated carbocycles. The lowest BCUT2D eigenvalue weighted by molar-refractivity contribution is -0.384. The summed E-state index contributed by atoms with van der Waals surface area (Å²) in [6.07, 6.45) is 1.56. The number of allylic oxidation sites excluding steroid dienone is 1. The zero-order valence-corrected chi connectivity index (χ0v) is 25.0. The van der Waals surface area contributed by atoms with Gasteiger partial charge in [-0.25, -0.2) is 9.79 Å². The number of esters is 1. The van der Waals surface area contributed by atoms with Gasteiger partial charge in [-0.3, -0.25) is 19.5 Å². The van der Waals surface area contributed by atoms with E-state index in [2.05, 4.69) is 20.9 Å². The number of aromatic nitrogens is 1. The van der Waals surface area contributed by atoms with Crippen molar-refractivity contribution in [2.45, 2.75) is 19.9 Å². The van der Waals surface area contributed by atoms with Crippen molar-refractivity contribution in [2.75, 3.05) is 13.7 Å². The molecule has 210 valence electrons. The monoisotopic (exact) mass is 657 g/mol. The molecule has 2 aromatic carbocycles. The molecule has 4 aromatic rings. The number of thiazole rings is 1. The number of nitro benzene ring substituents is 1. The number of carbonyl (C=O) groups is 1. The number of non-ortho nitro benzene ring substituents is 1. The maximum absolute atomic E-state index is 13.8. The lowest BCUT2D eigenvalue weighted by Gasteiger charge is -2.25. The molecule has 41 heavy (non-hydrogen) atoms. The van der Waals surface area contributed by atoms with Crippen LogP contribution in [0.15, 0.2) is 78.5 Å². The standard InChI is InChI=1S/C28H21BrClN3O7S/c1-4-39-27(35)24-14(2)31-28-32(25(24)15-5-9-22(38-3)19(29)11-15)26(34)23(41-28)13-17-7-10-21(40-17)18-12-16(33(36)37)6-8-20(18)30/h5-13,25H,4H2,1-3H3/b23-13-. The third-order valence-corrected chi connectivity index (χ3v) is 8.27. The third-order valence-electron chi connectivity index (χ3n) is 6.33. The molecule has 0 amide bonds. The van der Waals surface area contributed by atoms with Gasteiger partial charge in [-0.1, -0.05) is 29.0 Å². The van der Waals surface area contributed by atoms with Gasteiger partial charge in [-0.2, -0.15) is 0 Å². The van der Waals surface area contributed by atoms with Crippen molar-refractivity contribution in [2.24, 2.45) is 4.99 Å². The highest BCUT2D eigenvalue weighted by molar-refractivity contribution is 9.10. The molecule has 0 bridgehead atoms. The molecule has 0 fully saturated rings. The van der Waals surface area contributed by atoms with Crippen molar-refractivity contribution in [1.82, 2.24) is 4.57 Å². The summed E-state index contributed by atoms with van der Waals surface area (Å²) in [4.78, 5) is 42.6. The number of hydrogen-bond acceptors (Lipinski definition) is 9. The van der Waals surface area contributed by atoms with Crippen molar-refractivity contribution < 1.29 is 23.6 Å². The second-order valence-electron chi connectivity index (χ2n) is 8.82. The normalized spacial score (nSPS) is 15.0. The molecule has 0 spiro atoms. The topological polar surface area (TPSA) is 126 Å². The minimum Gasteiger partial charge on any atom is -0.496 e. The lowest BCUT2D eigenvalue weighted by Crippen LogP contribution is -2.39. The summed E-state index contributed by atoms with van der Waals surface area (Å²) in [6, 6.07) is 11.8. The molecular formula is C28H21BrClN3O7S. The summed E-state index contributed by atoms with van der Waals surface area (Å²) in [5, 5.41) is 11.5. The smallest absolute Gasteiger partial charge is 0.338 e. The minimum atomic E-state index is -0.800. The van der Waals surface area contributed by atoms with Gasteiger partial charge in [0.2, 0.25) is 0 Å². The highest BCUT2D eigenvalue weighted by atomic mass is 79.9. The molecular weight excluding hydrogens is 638 g/mol. The summed E-state index contributed by atoms with van der Waals surface area (Å²) >= 11 is 10.9. The summed E-state index contributed by atoms with van der Waals surface area (Å²) < 4.78 is 19.0. The number of carbonyl (C=O) groups excluding carboxylic acids is 1. The van der Waals surface area contributed by atoms with Crippen molar-refractivity contribution in [3.8, 4) is 17.1 Å². The number of nitro groups is 1. The van der Waals surface area contributed by atoms with Crippen molar-refractivity contribution in [1.29, 1.82) is 0 Å². The highest BCUT2D eigenvalue weighted by Gasteiger charge is 2.33. The number of methoxy groups -OCH3 is 1. The number of rotatable bonds is 7. The number of halogens is 2. The van der Waals surface area contributed by atoms with Gasteiger partial charge in [-0.05, 0) is 65.7 Å². The second kappa shape index (κ2) is 11.5. The number of nitrogens with zero attached hydrogens (tertiary/aromatic N) is 3. The molecule has 1 aliphatic heterocycles. The second-order valence-corrected chi connectivity index (χ2v) is 11.1. The number of benzene rings is 2. The van der Waals surface area contributed by atoms with Crippen LogP contribution in [0.2, 0.25) is 5.02 Å². The molecule has 2 aromatic heterocycles. The molecule has 1 unspecified atom stereocenters. The first-order valence-electron chi connectivity index (χ1n) is 12.2. The summed E-state index contributed by atoms with van der Waals surface area (Å²) in [5.74, 6) is 0.665. The fraction of sp³-hybridized carbons (Fsp3) is 0.179. The Morgan fingerprint density at radius 3 is 2.73 bits per heavy atom. The van der Waals surface area contributed by atoms with E-state index in [1.54, 1.807) is 57.4 Å². The SMILES string of the molecule is CCOC(=O)C1=C(C)N=c2s/c(=C\c3ccc(-c4cc([N+](=O)[O-])ccc4Cl)o3)c(=O)n2C1c1ccc(OC)c(Br)c1. The van der Waals surface area contributed by atoms with Gasteiger partial charge in [-0.15, -0.1) is 0 Å². The van der Waals surface area contributed by atoms with Crippen LogP contribution in [0.25, 0.3) is 17.4 Å². The van der Waals surface area contributed by atoms with Crippen LogP contribution < -0.4 is 19.6 Å². The van der Waals surface area contributed by atoms with Crippen LogP contribution in [-0.4, -0.2) is 29.2 Å². The first kappa shape index (κ1) is 28.5. The largest absolute Gasteiger partial charge is 0.496 e. The van der Waals surface area contributed by atoms with E-state index in [-0.39, 0.29) is 28.4 Å². The molecule has 5 rings (SSSR count). The summed E-state index contributed by atoms with van der Waals surface area (Å²) in [5.41, 5.74) is 1.18. The quantitative estimate of drug-likeness (QED) is 0.148. The zero-order chi connectivity index (χ0) is 29.4. The summed E-state index contributed by atoms with van der Waals surface area (Å²) in [7, 11) is 1.55. The van der Waals surface area contributed by atoms with E-state index in [1.165, 1.54) is 22.8 Å². The Kier molecular flexibility index (Phi) is 7.98. The Bertz CT molecular complexity index is 1920. The molecule has 1 aliphatic rings. The Labute approximate surface area is 250 Å². The first-order valence-corrected chi connectivity index (χ1v) is 14.2. The van der Waals surface area contributed by atoms with E-state index in [9.17, 15) is 19.7 Å². The van der Waals surface area contributed by atoms with E-state index >= 15 is 0 Å². The Hall–Kier alpha value is -4.00. The van der Waals surface area contributed by atoms with Gasteiger partial charge >= 0.3 is 5.97 Å². The van der Waals surface area contributed by atoms with Crippen molar-refractivity contribution in [3.63, 3.8) is 0 Å². The van der Waals surface area contributed by atoms with Gasteiger partial charge in [0.1, 0.15) is 17.3 Å². The predicted molar refractivity (Wildman–Crippen MR) is 157 cm³/mol. The molecule has 3 heterocycles. The van der Waals surface area contributed by atoms with Gasteiger partial charge in [0, 0.05) is 23.8 Å². The Balaban J connectivity index is 1.64. The minimum absolute atomic E-state index is 0.131. The molecule has 0 saturated heterocycles. The van der Waals surface area contributed by atoms with Crippen molar-refractivity contribution in [3.05, 3.63) is 110 Å². The number of fused-ring (bicyclic) bond motifs is 1. The van der Waals surface area contributed by atoms with Gasteiger partial charge in [0.25, 0.3) is 11.2 Å². The first-order chi connectivity index (χ1) is 19.6. The van der Waals surface area contributed by atoms with Crippen LogP contribution in [0.5, 0.6) is 5.75 Å². The maximum atomic E-state index is 13.8. The van der Waals surface area contributed by atoms with E-state index in [1.807, 2.05) is 0 Å². The molecule has 0 aliphatic carbocycles.